The largest absolute Gasteiger partial charge is 0.477 e. The number of benzene rings is 2. The number of guanidine groups is 1. The molecule has 0 spiro atoms. The summed E-state index contributed by atoms with van der Waals surface area (Å²) in [4.78, 5) is 69.5. The van der Waals surface area contributed by atoms with Crippen LogP contribution in [0.2, 0.25) is 0 Å². The molecule has 0 aliphatic carbocycles. The van der Waals surface area contributed by atoms with Crippen LogP contribution in [0.1, 0.15) is 95.0 Å². The van der Waals surface area contributed by atoms with E-state index in [1.54, 1.807) is 27.9 Å². The summed E-state index contributed by atoms with van der Waals surface area (Å²) in [7, 11) is 1.85. The minimum Gasteiger partial charge on any atom is -0.477 e. The van der Waals surface area contributed by atoms with Gasteiger partial charge in [-0.15, -0.1) is 0 Å². The fourth-order valence-corrected chi connectivity index (χ4v) is 9.59. The van der Waals surface area contributed by atoms with Crippen LogP contribution in [0.15, 0.2) is 59.7 Å². The Bertz CT molecular complexity index is 2420. The second-order valence-corrected chi connectivity index (χ2v) is 17.6. The highest BCUT2D eigenvalue weighted by atomic mass is 16.5. The Hall–Kier alpha value is -5.93. The Labute approximate surface area is 362 Å². The Balaban J connectivity index is 0.780. The molecular formula is C47H56N10O5. The van der Waals surface area contributed by atoms with Crippen molar-refractivity contribution in [1.29, 1.82) is 0 Å². The second-order valence-electron chi connectivity index (χ2n) is 17.6. The summed E-state index contributed by atoms with van der Waals surface area (Å²) in [5, 5.41) is 10.3. The fourth-order valence-electron chi connectivity index (χ4n) is 9.59. The van der Waals surface area contributed by atoms with Crippen molar-refractivity contribution < 1.29 is 23.9 Å². The summed E-state index contributed by atoms with van der Waals surface area (Å²) in [6, 6.07) is 15.4. The zero-order valence-electron chi connectivity index (χ0n) is 36.0. The lowest BCUT2D eigenvalue weighted by Gasteiger charge is -2.35. The van der Waals surface area contributed by atoms with E-state index in [9.17, 15) is 19.2 Å². The smallest absolute Gasteiger partial charge is 0.280 e. The number of pyridine rings is 1. The maximum atomic E-state index is 13.8. The van der Waals surface area contributed by atoms with Crippen LogP contribution in [0.25, 0.3) is 11.3 Å². The standard InChI is InChI=1S/C47H56N10O5/c1-30-9-8-22-62-46-36(26-48-53(46)3)39-25-34(23-31(2)49-39)43(59)52-47-50-38-14-13-32(24-41(38)57(47)27-30)28-55-20-18-54(19-21-55)17-6-4-5-10-33-11-7-12-35-37(33)29-56(45(35)61)40-15-16-42(58)51-44(40)60/h7,11-14,23-26,30,40H,4-6,8-10,15-22,27-29H2,1-3H3,(H,50,52,59)(H,51,58,60)/t30-,40?/m1/s1. The quantitative estimate of drug-likeness (QED) is 0.166. The molecule has 5 aliphatic heterocycles. The third-order valence-electron chi connectivity index (χ3n) is 13.0. The highest BCUT2D eigenvalue weighted by molar-refractivity contribution is 6.19. The third-order valence-corrected chi connectivity index (χ3v) is 13.0. The number of piperazine rings is 1. The first-order valence-corrected chi connectivity index (χ1v) is 22.2. The van der Waals surface area contributed by atoms with Gasteiger partial charge in [-0.25, -0.2) is 4.68 Å². The number of fused-ring (bicyclic) bond motifs is 8. The molecule has 15 nitrogen and oxygen atoms in total. The first-order valence-electron chi connectivity index (χ1n) is 22.2. The number of aliphatic imine (C=N–C) groups is 1. The number of amides is 4. The Morgan fingerprint density at radius 1 is 0.903 bits per heavy atom. The number of anilines is 2. The van der Waals surface area contributed by atoms with Crippen LogP contribution in [-0.4, -0.2) is 111 Å². The van der Waals surface area contributed by atoms with E-state index in [0.717, 1.165) is 106 Å². The van der Waals surface area contributed by atoms with Crippen LogP contribution in [0.3, 0.4) is 0 Å². The molecule has 5 aliphatic rings. The van der Waals surface area contributed by atoms with Crippen LogP contribution in [0.4, 0.5) is 11.4 Å². The normalized spacial score (nSPS) is 21.8. The molecule has 2 aromatic heterocycles. The molecular weight excluding hydrogens is 785 g/mol. The number of carbonyl (C=O) groups excluding carboxylic acids is 4. The number of rotatable bonds is 9. The maximum absolute atomic E-state index is 13.8. The number of ether oxygens (including phenoxy) is 1. The minimum atomic E-state index is -0.591. The molecule has 2 aromatic carbocycles. The summed E-state index contributed by atoms with van der Waals surface area (Å²) in [6.45, 7) is 11.8. The molecule has 2 fully saturated rings. The molecule has 2 N–H and O–H groups in total. The average molecular weight is 841 g/mol. The number of hydrogen-bond donors (Lipinski definition) is 2. The van der Waals surface area contributed by atoms with E-state index in [0.29, 0.717) is 60.7 Å². The number of unbranched alkanes of at least 4 members (excludes halogenated alkanes) is 2. The van der Waals surface area contributed by atoms with Gasteiger partial charge in [0.1, 0.15) is 6.04 Å². The number of aryl methyl sites for hydroxylation is 3. The summed E-state index contributed by atoms with van der Waals surface area (Å²) < 4.78 is 7.97. The predicted molar refractivity (Wildman–Crippen MR) is 236 cm³/mol. The highest BCUT2D eigenvalue weighted by Crippen LogP contribution is 2.36. The van der Waals surface area contributed by atoms with E-state index in [4.69, 9.17) is 9.72 Å². The van der Waals surface area contributed by atoms with Crippen LogP contribution in [0, 0.1) is 12.8 Å². The van der Waals surface area contributed by atoms with Crippen molar-refractivity contribution in [1.82, 2.24) is 34.8 Å². The predicted octanol–water partition coefficient (Wildman–Crippen LogP) is 5.32. The van der Waals surface area contributed by atoms with Crippen molar-refractivity contribution in [2.45, 2.75) is 84.3 Å². The summed E-state index contributed by atoms with van der Waals surface area (Å²) >= 11 is 0. The van der Waals surface area contributed by atoms with Crippen molar-refractivity contribution in [2.75, 3.05) is 56.1 Å². The molecule has 324 valence electrons. The number of hydrogen-bond acceptors (Lipinski definition) is 11. The molecule has 15 heteroatoms. The van der Waals surface area contributed by atoms with E-state index < -0.39 is 6.04 Å². The van der Waals surface area contributed by atoms with Gasteiger partial charge in [0.2, 0.25) is 23.7 Å². The summed E-state index contributed by atoms with van der Waals surface area (Å²) in [5.74, 6) is 0.410. The molecule has 2 atom stereocenters. The topological polar surface area (TPSA) is 158 Å². The zero-order chi connectivity index (χ0) is 42.9. The zero-order valence-corrected chi connectivity index (χ0v) is 36.0. The molecule has 4 amide bonds. The summed E-state index contributed by atoms with van der Waals surface area (Å²) in [5.41, 5.74) is 8.70. The van der Waals surface area contributed by atoms with Crippen molar-refractivity contribution in [3.05, 3.63) is 88.2 Å². The monoisotopic (exact) mass is 840 g/mol. The van der Waals surface area contributed by atoms with Gasteiger partial charge in [0.15, 0.2) is 0 Å². The van der Waals surface area contributed by atoms with E-state index >= 15 is 0 Å². The molecule has 9 rings (SSSR count). The van der Waals surface area contributed by atoms with Gasteiger partial charge in [-0.05, 0) is 105 Å². The lowest BCUT2D eigenvalue weighted by molar-refractivity contribution is -0.136. The number of nitrogens with one attached hydrogen (secondary N) is 2. The van der Waals surface area contributed by atoms with Crippen molar-refractivity contribution >= 4 is 41.0 Å². The van der Waals surface area contributed by atoms with E-state index in [-0.39, 0.29) is 30.0 Å². The number of aromatic nitrogens is 3. The van der Waals surface area contributed by atoms with Crippen LogP contribution in [0.5, 0.6) is 5.88 Å². The highest BCUT2D eigenvalue weighted by Gasteiger charge is 2.40. The van der Waals surface area contributed by atoms with E-state index in [2.05, 4.69) is 66.6 Å². The average Bonchev–Trinajstić information content (AvgIpc) is 3.91. The van der Waals surface area contributed by atoms with E-state index in [1.807, 2.05) is 26.1 Å². The fraction of sp³-hybridized carbons (Fsp3) is 0.468. The number of carbonyl (C=O) groups is 4. The van der Waals surface area contributed by atoms with Crippen molar-refractivity contribution in [3.63, 3.8) is 0 Å². The molecule has 4 aromatic rings. The minimum absolute atomic E-state index is 0.114. The first-order chi connectivity index (χ1) is 30.1. The molecule has 62 heavy (non-hydrogen) atoms. The first kappa shape index (κ1) is 41.4. The maximum Gasteiger partial charge on any atom is 0.280 e. The van der Waals surface area contributed by atoms with Crippen LogP contribution >= 0.6 is 0 Å². The Morgan fingerprint density at radius 2 is 1.74 bits per heavy atom. The second kappa shape index (κ2) is 17.8. The van der Waals surface area contributed by atoms with Crippen molar-refractivity contribution in [3.8, 4) is 17.1 Å². The molecule has 0 saturated carbocycles. The number of piperidine rings is 1. The molecule has 1 unspecified atom stereocenters. The molecule has 0 radical (unpaired) electrons. The van der Waals surface area contributed by atoms with Gasteiger partial charge in [0, 0.05) is 76.1 Å². The molecule has 2 saturated heterocycles. The van der Waals surface area contributed by atoms with Gasteiger partial charge >= 0.3 is 0 Å². The van der Waals surface area contributed by atoms with Gasteiger partial charge < -0.3 is 24.8 Å². The molecule has 7 heterocycles. The van der Waals surface area contributed by atoms with Crippen LogP contribution < -0.4 is 20.3 Å². The van der Waals surface area contributed by atoms with Gasteiger partial charge in [-0.2, -0.15) is 10.1 Å². The lowest BCUT2D eigenvalue weighted by atomic mass is 9.98. The number of imide groups is 1. The Kier molecular flexibility index (Phi) is 11.9. The number of nitrogens with zero attached hydrogens (tertiary/aromatic N) is 8. The summed E-state index contributed by atoms with van der Waals surface area (Å²) in [6.07, 6.45) is 8.35. The van der Waals surface area contributed by atoms with Gasteiger partial charge in [0.05, 0.1) is 35.4 Å². The third kappa shape index (κ3) is 8.73. The van der Waals surface area contributed by atoms with Crippen LogP contribution in [-0.2, 0) is 36.1 Å². The van der Waals surface area contributed by atoms with Crippen molar-refractivity contribution in [2.24, 2.45) is 18.0 Å². The van der Waals surface area contributed by atoms with Gasteiger partial charge in [-0.3, -0.25) is 34.4 Å². The molecule has 2 bridgehead atoms. The Morgan fingerprint density at radius 3 is 2.58 bits per heavy atom. The van der Waals surface area contributed by atoms with E-state index in [1.165, 1.54) is 11.1 Å². The van der Waals surface area contributed by atoms with Gasteiger partial charge in [-0.1, -0.05) is 31.5 Å². The SMILES string of the molecule is Cc1cc2cc(n1)-c1cnn(C)c1OCCC[C@@H](C)CN1/C(=N/C2=O)Nc2ccc(CN3CCN(CCCCCc4cccc5c4CN(C4CCC(=O)NC4=O)C5=O)CC3)cc21. The lowest BCUT2D eigenvalue weighted by Crippen LogP contribution is -2.52. The van der Waals surface area contributed by atoms with Gasteiger partial charge in [0.25, 0.3) is 11.8 Å².